The lowest BCUT2D eigenvalue weighted by molar-refractivity contribution is -0.125. The van der Waals surface area contributed by atoms with Crippen LogP contribution in [0.1, 0.15) is 39.0 Å². The van der Waals surface area contributed by atoms with Crippen molar-refractivity contribution in [3.8, 4) is 0 Å². The van der Waals surface area contributed by atoms with Crippen molar-refractivity contribution < 1.29 is 4.79 Å². The Morgan fingerprint density at radius 3 is 3.06 bits per heavy atom. The Morgan fingerprint density at radius 1 is 1.47 bits per heavy atom. The molecule has 2 aliphatic rings. The molecule has 2 fully saturated rings. The standard InChI is InChI=1S/C13H25N3O/c1-10(4-6-14)13(17)15-11-5-8-16-7-2-3-12(16)9-11/h10-12H,2-9,14H2,1H3,(H,15,17). The number of nitrogens with two attached hydrogens (primary N) is 1. The molecular formula is C13H25N3O. The zero-order valence-electron chi connectivity index (χ0n) is 10.8. The molecule has 2 heterocycles. The van der Waals surface area contributed by atoms with Crippen molar-refractivity contribution in [1.82, 2.24) is 10.2 Å². The number of rotatable bonds is 4. The Kier molecular flexibility index (Phi) is 4.40. The van der Waals surface area contributed by atoms with E-state index in [9.17, 15) is 4.79 Å². The monoisotopic (exact) mass is 239 g/mol. The maximum Gasteiger partial charge on any atom is 0.223 e. The summed E-state index contributed by atoms with van der Waals surface area (Å²) in [6.07, 6.45) is 5.67. The number of hydrogen-bond donors (Lipinski definition) is 2. The molecule has 3 unspecified atom stereocenters. The molecule has 0 spiro atoms. The van der Waals surface area contributed by atoms with Gasteiger partial charge in [0.1, 0.15) is 0 Å². The Balaban J connectivity index is 1.77. The normalized spacial score (nSPS) is 30.9. The molecule has 2 rings (SSSR count). The maximum atomic E-state index is 11.9. The van der Waals surface area contributed by atoms with Crippen molar-refractivity contribution in [1.29, 1.82) is 0 Å². The third-order valence-corrected chi connectivity index (χ3v) is 4.21. The lowest BCUT2D eigenvalue weighted by atomic mass is 9.96. The fourth-order valence-corrected chi connectivity index (χ4v) is 3.08. The number of carbonyl (C=O) groups excluding carboxylic acids is 1. The van der Waals surface area contributed by atoms with Gasteiger partial charge in [0.15, 0.2) is 0 Å². The maximum absolute atomic E-state index is 11.9. The summed E-state index contributed by atoms with van der Waals surface area (Å²) >= 11 is 0. The summed E-state index contributed by atoms with van der Waals surface area (Å²) in [5, 5.41) is 3.19. The first kappa shape index (κ1) is 12.8. The largest absolute Gasteiger partial charge is 0.353 e. The fourth-order valence-electron chi connectivity index (χ4n) is 3.08. The predicted molar refractivity (Wildman–Crippen MR) is 68.6 cm³/mol. The molecule has 0 bridgehead atoms. The molecule has 3 atom stereocenters. The second kappa shape index (κ2) is 5.83. The van der Waals surface area contributed by atoms with Gasteiger partial charge < -0.3 is 16.0 Å². The van der Waals surface area contributed by atoms with Crippen LogP contribution < -0.4 is 11.1 Å². The van der Waals surface area contributed by atoms with Crippen LogP contribution in [0.15, 0.2) is 0 Å². The highest BCUT2D eigenvalue weighted by molar-refractivity contribution is 5.78. The van der Waals surface area contributed by atoms with Crippen molar-refractivity contribution >= 4 is 5.91 Å². The van der Waals surface area contributed by atoms with E-state index >= 15 is 0 Å². The van der Waals surface area contributed by atoms with Crippen LogP contribution in [0.5, 0.6) is 0 Å². The SMILES string of the molecule is CC(CCN)C(=O)NC1CCN2CCCC2C1. The zero-order chi connectivity index (χ0) is 12.3. The van der Waals surface area contributed by atoms with E-state index in [-0.39, 0.29) is 11.8 Å². The lowest BCUT2D eigenvalue weighted by Gasteiger charge is -2.35. The summed E-state index contributed by atoms with van der Waals surface area (Å²) in [6, 6.07) is 1.11. The summed E-state index contributed by atoms with van der Waals surface area (Å²) in [5.74, 6) is 0.244. The van der Waals surface area contributed by atoms with Crippen molar-refractivity contribution in [2.24, 2.45) is 11.7 Å². The van der Waals surface area contributed by atoms with Gasteiger partial charge in [0.05, 0.1) is 0 Å². The molecule has 3 N–H and O–H groups in total. The van der Waals surface area contributed by atoms with E-state index in [1.165, 1.54) is 19.4 Å². The van der Waals surface area contributed by atoms with Crippen molar-refractivity contribution in [2.75, 3.05) is 19.6 Å². The smallest absolute Gasteiger partial charge is 0.223 e. The minimum absolute atomic E-state index is 0.0570. The van der Waals surface area contributed by atoms with E-state index in [1.54, 1.807) is 0 Å². The molecule has 0 aromatic heterocycles. The van der Waals surface area contributed by atoms with Gasteiger partial charge in [0, 0.05) is 24.5 Å². The van der Waals surface area contributed by atoms with Gasteiger partial charge in [-0.05, 0) is 45.2 Å². The molecule has 0 aromatic carbocycles. The first-order valence-corrected chi connectivity index (χ1v) is 6.95. The van der Waals surface area contributed by atoms with Gasteiger partial charge in [0.25, 0.3) is 0 Å². The van der Waals surface area contributed by atoms with E-state index in [4.69, 9.17) is 5.73 Å². The van der Waals surface area contributed by atoms with Gasteiger partial charge >= 0.3 is 0 Å². The Labute approximate surface area is 104 Å². The van der Waals surface area contributed by atoms with Crippen molar-refractivity contribution in [3.05, 3.63) is 0 Å². The fraction of sp³-hybridized carbons (Fsp3) is 0.923. The molecule has 1 amide bonds. The molecule has 2 aliphatic heterocycles. The third-order valence-electron chi connectivity index (χ3n) is 4.21. The molecule has 0 aromatic rings. The molecule has 2 saturated heterocycles. The summed E-state index contributed by atoms with van der Waals surface area (Å²) in [6.45, 7) is 4.97. The highest BCUT2D eigenvalue weighted by atomic mass is 16.1. The number of amides is 1. The minimum atomic E-state index is 0.0570. The minimum Gasteiger partial charge on any atom is -0.353 e. The van der Waals surface area contributed by atoms with E-state index < -0.39 is 0 Å². The molecule has 4 heteroatoms. The van der Waals surface area contributed by atoms with Crippen LogP contribution in [0, 0.1) is 5.92 Å². The molecule has 17 heavy (non-hydrogen) atoms. The predicted octanol–water partition coefficient (Wildman–Crippen LogP) is 0.714. The van der Waals surface area contributed by atoms with E-state index in [1.807, 2.05) is 6.92 Å². The number of piperidine rings is 1. The molecule has 0 saturated carbocycles. The highest BCUT2D eigenvalue weighted by Gasteiger charge is 2.32. The average molecular weight is 239 g/mol. The van der Waals surface area contributed by atoms with Gasteiger partial charge in [-0.3, -0.25) is 4.79 Å². The third kappa shape index (κ3) is 3.19. The van der Waals surface area contributed by atoms with Crippen LogP contribution in [0.25, 0.3) is 0 Å². The van der Waals surface area contributed by atoms with Crippen molar-refractivity contribution in [2.45, 2.75) is 51.1 Å². The Hall–Kier alpha value is -0.610. The topological polar surface area (TPSA) is 58.4 Å². The van der Waals surface area contributed by atoms with E-state index in [0.717, 1.165) is 31.8 Å². The number of hydrogen-bond acceptors (Lipinski definition) is 3. The molecule has 0 radical (unpaired) electrons. The summed E-state index contributed by atoms with van der Waals surface area (Å²) in [5.41, 5.74) is 5.48. The number of fused-ring (bicyclic) bond motifs is 1. The van der Waals surface area contributed by atoms with E-state index in [2.05, 4.69) is 10.2 Å². The van der Waals surface area contributed by atoms with Crippen LogP contribution in [0.3, 0.4) is 0 Å². The lowest BCUT2D eigenvalue weighted by Crippen LogP contribution is -2.48. The molecule has 0 aliphatic carbocycles. The van der Waals surface area contributed by atoms with Crippen LogP contribution in [0.4, 0.5) is 0 Å². The van der Waals surface area contributed by atoms with Crippen LogP contribution >= 0.6 is 0 Å². The molecule has 4 nitrogen and oxygen atoms in total. The summed E-state index contributed by atoms with van der Waals surface area (Å²) in [4.78, 5) is 14.5. The van der Waals surface area contributed by atoms with E-state index in [0.29, 0.717) is 12.6 Å². The molecule has 98 valence electrons. The first-order chi connectivity index (χ1) is 8.20. The van der Waals surface area contributed by atoms with Crippen molar-refractivity contribution in [3.63, 3.8) is 0 Å². The summed E-state index contributed by atoms with van der Waals surface area (Å²) < 4.78 is 0. The van der Waals surface area contributed by atoms with Crippen LogP contribution in [0.2, 0.25) is 0 Å². The van der Waals surface area contributed by atoms with Gasteiger partial charge in [-0.1, -0.05) is 6.92 Å². The first-order valence-electron chi connectivity index (χ1n) is 6.95. The van der Waals surface area contributed by atoms with Gasteiger partial charge in [-0.15, -0.1) is 0 Å². The average Bonchev–Trinajstić information content (AvgIpc) is 2.76. The highest BCUT2D eigenvalue weighted by Crippen LogP contribution is 2.26. The second-order valence-electron chi connectivity index (χ2n) is 5.54. The summed E-state index contributed by atoms with van der Waals surface area (Å²) in [7, 11) is 0. The van der Waals surface area contributed by atoms with Gasteiger partial charge in [-0.2, -0.15) is 0 Å². The quantitative estimate of drug-likeness (QED) is 0.760. The van der Waals surface area contributed by atoms with Crippen LogP contribution in [-0.4, -0.2) is 42.5 Å². The Morgan fingerprint density at radius 2 is 2.29 bits per heavy atom. The number of nitrogens with one attached hydrogen (secondary N) is 1. The van der Waals surface area contributed by atoms with Gasteiger partial charge in [-0.25, -0.2) is 0 Å². The van der Waals surface area contributed by atoms with Gasteiger partial charge in [0.2, 0.25) is 5.91 Å². The second-order valence-corrected chi connectivity index (χ2v) is 5.54. The number of carbonyl (C=O) groups is 1. The Bertz CT molecular complexity index is 269. The molecular weight excluding hydrogens is 214 g/mol. The zero-order valence-corrected chi connectivity index (χ0v) is 10.8. The van der Waals surface area contributed by atoms with Crippen LogP contribution in [-0.2, 0) is 4.79 Å². The number of nitrogens with zero attached hydrogens (tertiary/aromatic N) is 1.